The highest BCUT2D eigenvalue weighted by Gasteiger charge is 2.14. The van der Waals surface area contributed by atoms with E-state index in [9.17, 15) is 4.79 Å². The van der Waals surface area contributed by atoms with Gasteiger partial charge in [-0.05, 0) is 26.2 Å². The molecule has 0 saturated carbocycles. The summed E-state index contributed by atoms with van der Waals surface area (Å²) in [6, 6.07) is 0.182. The van der Waals surface area contributed by atoms with Crippen LogP contribution >= 0.6 is 11.8 Å². The topological polar surface area (TPSA) is 85.8 Å². The van der Waals surface area contributed by atoms with Gasteiger partial charge in [-0.25, -0.2) is 0 Å². The van der Waals surface area contributed by atoms with Crippen molar-refractivity contribution >= 4 is 23.6 Å². The van der Waals surface area contributed by atoms with E-state index in [0.29, 0.717) is 22.8 Å². The van der Waals surface area contributed by atoms with Crippen LogP contribution in [-0.2, 0) is 4.79 Å². The van der Waals surface area contributed by atoms with E-state index in [1.807, 2.05) is 18.4 Å². The largest absolute Gasteiger partial charge is 0.368 e. The lowest BCUT2D eigenvalue weighted by atomic mass is 10.1. The van der Waals surface area contributed by atoms with Gasteiger partial charge in [0, 0.05) is 12.6 Å². The van der Waals surface area contributed by atoms with E-state index in [-0.39, 0.29) is 11.9 Å². The van der Waals surface area contributed by atoms with Crippen molar-refractivity contribution in [2.75, 3.05) is 18.0 Å². The number of nitrogens with one attached hydrogen (secondary N) is 1. The number of nitrogen functional groups attached to an aromatic ring is 1. The normalized spacial score (nSPS) is 11.3. The first-order valence-electron chi connectivity index (χ1n) is 6.51. The standard InChI is InChI=1S/C12H23N5OS/c1-8(2)5-6-14-10(18)7-19-12-16-15-11(13)17(12)9(3)4/h8-9H,5-7H2,1-4H3,(H2,13,15)(H,14,18). The average molecular weight is 285 g/mol. The van der Waals surface area contributed by atoms with Crippen LogP contribution in [0.25, 0.3) is 0 Å². The van der Waals surface area contributed by atoms with Gasteiger partial charge >= 0.3 is 0 Å². The highest BCUT2D eigenvalue weighted by molar-refractivity contribution is 7.99. The molecule has 108 valence electrons. The molecule has 0 saturated heterocycles. The summed E-state index contributed by atoms with van der Waals surface area (Å²) in [6.45, 7) is 9.00. The molecule has 0 aromatic carbocycles. The predicted octanol–water partition coefficient (Wildman–Crippen LogP) is 1.70. The SMILES string of the molecule is CC(C)CCNC(=O)CSc1nnc(N)n1C(C)C. The Morgan fingerprint density at radius 2 is 2.05 bits per heavy atom. The van der Waals surface area contributed by atoms with E-state index < -0.39 is 0 Å². The average Bonchev–Trinajstić information content (AvgIpc) is 2.67. The number of hydrogen-bond acceptors (Lipinski definition) is 5. The molecule has 6 nitrogen and oxygen atoms in total. The number of anilines is 1. The lowest BCUT2D eigenvalue weighted by Gasteiger charge is -2.11. The Kier molecular flexibility index (Phi) is 6.14. The molecule has 0 radical (unpaired) electrons. The molecule has 7 heteroatoms. The minimum absolute atomic E-state index is 0.0162. The maximum absolute atomic E-state index is 11.7. The van der Waals surface area contributed by atoms with Crippen LogP contribution in [0, 0.1) is 5.92 Å². The number of nitrogens with two attached hydrogens (primary N) is 1. The van der Waals surface area contributed by atoms with Gasteiger partial charge in [0.2, 0.25) is 11.9 Å². The van der Waals surface area contributed by atoms with Crippen LogP contribution < -0.4 is 11.1 Å². The summed E-state index contributed by atoms with van der Waals surface area (Å²) >= 11 is 1.36. The molecule has 1 aromatic heterocycles. The zero-order valence-electron chi connectivity index (χ0n) is 12.0. The van der Waals surface area contributed by atoms with E-state index in [0.717, 1.165) is 13.0 Å². The Hall–Kier alpha value is -1.24. The van der Waals surface area contributed by atoms with Crippen molar-refractivity contribution in [1.29, 1.82) is 0 Å². The third kappa shape index (κ3) is 5.10. The Balaban J connectivity index is 2.42. The first-order chi connectivity index (χ1) is 8.91. The fourth-order valence-corrected chi connectivity index (χ4v) is 2.46. The second kappa shape index (κ2) is 7.37. The van der Waals surface area contributed by atoms with Crippen molar-refractivity contribution in [2.45, 2.75) is 45.3 Å². The molecule has 0 unspecified atom stereocenters. The number of rotatable bonds is 7. The molecule has 0 spiro atoms. The van der Waals surface area contributed by atoms with Gasteiger partial charge in [0.15, 0.2) is 5.16 Å². The fraction of sp³-hybridized carbons (Fsp3) is 0.750. The van der Waals surface area contributed by atoms with Crippen LogP contribution in [-0.4, -0.2) is 33.0 Å². The number of carbonyl (C=O) groups is 1. The molecule has 0 bridgehead atoms. The van der Waals surface area contributed by atoms with Crippen LogP contribution in [0.1, 0.15) is 40.2 Å². The molecule has 3 N–H and O–H groups in total. The van der Waals surface area contributed by atoms with E-state index >= 15 is 0 Å². The second-order valence-electron chi connectivity index (χ2n) is 5.13. The number of hydrogen-bond donors (Lipinski definition) is 2. The number of thioether (sulfide) groups is 1. The van der Waals surface area contributed by atoms with Gasteiger partial charge in [0.05, 0.1) is 5.75 Å². The van der Waals surface area contributed by atoms with Gasteiger partial charge in [-0.2, -0.15) is 0 Å². The zero-order valence-corrected chi connectivity index (χ0v) is 12.8. The molecule has 0 aliphatic rings. The van der Waals surface area contributed by atoms with Gasteiger partial charge in [-0.1, -0.05) is 25.6 Å². The Morgan fingerprint density at radius 3 is 2.63 bits per heavy atom. The Labute approximate surface area is 118 Å². The molecule has 1 rings (SSSR count). The van der Waals surface area contributed by atoms with Crippen LogP contribution in [0.3, 0.4) is 0 Å². The quantitative estimate of drug-likeness (QED) is 0.745. The summed E-state index contributed by atoms with van der Waals surface area (Å²) in [5.41, 5.74) is 5.74. The predicted molar refractivity (Wildman–Crippen MR) is 78.0 cm³/mol. The van der Waals surface area contributed by atoms with E-state index in [1.54, 1.807) is 0 Å². The summed E-state index contributed by atoms with van der Waals surface area (Å²) in [4.78, 5) is 11.7. The van der Waals surface area contributed by atoms with Crippen molar-refractivity contribution in [3.63, 3.8) is 0 Å². The van der Waals surface area contributed by atoms with Crippen LogP contribution in [0.15, 0.2) is 5.16 Å². The summed E-state index contributed by atoms with van der Waals surface area (Å²) in [5, 5.41) is 11.4. The first-order valence-corrected chi connectivity index (χ1v) is 7.50. The van der Waals surface area contributed by atoms with Crippen molar-refractivity contribution in [3.8, 4) is 0 Å². The van der Waals surface area contributed by atoms with E-state index in [1.165, 1.54) is 11.8 Å². The van der Waals surface area contributed by atoms with Crippen molar-refractivity contribution < 1.29 is 4.79 Å². The van der Waals surface area contributed by atoms with E-state index in [2.05, 4.69) is 29.4 Å². The first kappa shape index (κ1) is 15.8. The van der Waals surface area contributed by atoms with E-state index in [4.69, 9.17) is 5.73 Å². The van der Waals surface area contributed by atoms with Gasteiger partial charge in [-0.3, -0.25) is 9.36 Å². The minimum Gasteiger partial charge on any atom is -0.368 e. The molecule has 1 heterocycles. The molecular formula is C12H23N5OS. The third-order valence-corrected chi connectivity index (χ3v) is 3.53. The molecular weight excluding hydrogens is 262 g/mol. The second-order valence-corrected chi connectivity index (χ2v) is 6.07. The maximum atomic E-state index is 11.7. The molecule has 1 aromatic rings. The fourth-order valence-electron chi connectivity index (χ4n) is 1.55. The van der Waals surface area contributed by atoms with Crippen molar-refractivity contribution in [1.82, 2.24) is 20.1 Å². The minimum atomic E-state index is 0.0162. The summed E-state index contributed by atoms with van der Waals surface area (Å²) in [5.74, 6) is 1.33. The monoisotopic (exact) mass is 285 g/mol. The third-order valence-electron chi connectivity index (χ3n) is 2.58. The number of amides is 1. The van der Waals surface area contributed by atoms with Gasteiger partial charge in [0.25, 0.3) is 0 Å². The number of nitrogens with zero attached hydrogens (tertiary/aromatic N) is 3. The van der Waals surface area contributed by atoms with Gasteiger partial charge in [0.1, 0.15) is 0 Å². The molecule has 1 amide bonds. The lowest BCUT2D eigenvalue weighted by Crippen LogP contribution is -2.27. The molecule has 19 heavy (non-hydrogen) atoms. The van der Waals surface area contributed by atoms with Crippen LogP contribution in [0.5, 0.6) is 0 Å². The number of carbonyl (C=O) groups excluding carboxylic acids is 1. The van der Waals surface area contributed by atoms with Gasteiger partial charge < -0.3 is 11.1 Å². The lowest BCUT2D eigenvalue weighted by molar-refractivity contribution is -0.118. The summed E-state index contributed by atoms with van der Waals surface area (Å²) in [6.07, 6.45) is 0.992. The molecule has 0 aliphatic carbocycles. The zero-order chi connectivity index (χ0) is 14.4. The molecule has 0 aliphatic heterocycles. The molecule has 0 atom stereocenters. The smallest absolute Gasteiger partial charge is 0.230 e. The highest BCUT2D eigenvalue weighted by Crippen LogP contribution is 2.22. The number of aromatic nitrogens is 3. The maximum Gasteiger partial charge on any atom is 0.230 e. The van der Waals surface area contributed by atoms with Crippen molar-refractivity contribution in [2.24, 2.45) is 5.92 Å². The van der Waals surface area contributed by atoms with Gasteiger partial charge in [-0.15, -0.1) is 10.2 Å². The highest BCUT2D eigenvalue weighted by atomic mass is 32.2. The molecule has 0 fully saturated rings. The van der Waals surface area contributed by atoms with Crippen LogP contribution in [0.4, 0.5) is 5.95 Å². The summed E-state index contributed by atoms with van der Waals surface area (Å²) < 4.78 is 1.83. The Bertz CT molecular complexity index is 416. The Morgan fingerprint density at radius 1 is 1.37 bits per heavy atom. The summed E-state index contributed by atoms with van der Waals surface area (Å²) in [7, 11) is 0. The van der Waals surface area contributed by atoms with Crippen LogP contribution in [0.2, 0.25) is 0 Å². The van der Waals surface area contributed by atoms with Crippen molar-refractivity contribution in [3.05, 3.63) is 0 Å².